The third kappa shape index (κ3) is 2.41. The zero-order valence-corrected chi connectivity index (χ0v) is 9.11. The molecule has 2 rings (SSSR count). The summed E-state index contributed by atoms with van der Waals surface area (Å²) in [6, 6.07) is 1.67. The van der Waals surface area contributed by atoms with Crippen LogP contribution in [0.25, 0.3) is 0 Å². The number of hydrogen-bond acceptors (Lipinski definition) is 6. The summed E-state index contributed by atoms with van der Waals surface area (Å²) >= 11 is 1.58. The summed E-state index contributed by atoms with van der Waals surface area (Å²) < 4.78 is 0. The number of thiazole rings is 1. The lowest BCUT2D eigenvalue weighted by Crippen LogP contribution is -2.19. The summed E-state index contributed by atoms with van der Waals surface area (Å²) in [4.78, 5) is 14.4. The van der Waals surface area contributed by atoms with Gasteiger partial charge in [-0.25, -0.2) is 9.97 Å². The monoisotopic (exact) mass is 221 g/mol. The van der Waals surface area contributed by atoms with Gasteiger partial charge in [0, 0.05) is 18.6 Å². The quantitative estimate of drug-likeness (QED) is 0.842. The standard InChI is InChI=1S/C9H11N5S/c1-14(4-7-5-15-6-12-7)9-11-3-2-8(10)13-9/h2-3,5-6H,4H2,1H3,(H2,10,11,13). The normalized spacial score (nSPS) is 10.2. The molecule has 0 aliphatic carbocycles. The Bertz CT molecular complexity index is 428. The molecule has 2 aromatic rings. The maximum Gasteiger partial charge on any atom is 0.227 e. The number of nitrogens with zero attached hydrogens (tertiary/aromatic N) is 4. The van der Waals surface area contributed by atoms with E-state index in [0.29, 0.717) is 18.3 Å². The van der Waals surface area contributed by atoms with Crippen LogP contribution in [0.3, 0.4) is 0 Å². The molecule has 78 valence electrons. The van der Waals surface area contributed by atoms with Crippen LogP contribution >= 0.6 is 11.3 Å². The van der Waals surface area contributed by atoms with Crippen molar-refractivity contribution in [2.75, 3.05) is 17.7 Å². The van der Waals surface area contributed by atoms with Crippen molar-refractivity contribution < 1.29 is 0 Å². The van der Waals surface area contributed by atoms with Gasteiger partial charge in [-0.05, 0) is 6.07 Å². The Hall–Kier alpha value is -1.69. The topological polar surface area (TPSA) is 67.9 Å². The molecule has 0 amide bonds. The van der Waals surface area contributed by atoms with E-state index in [1.165, 1.54) is 0 Å². The van der Waals surface area contributed by atoms with E-state index < -0.39 is 0 Å². The second-order valence-electron chi connectivity index (χ2n) is 3.12. The van der Waals surface area contributed by atoms with Gasteiger partial charge in [0.1, 0.15) is 5.82 Å². The van der Waals surface area contributed by atoms with Crippen molar-refractivity contribution in [3.8, 4) is 0 Å². The van der Waals surface area contributed by atoms with Crippen molar-refractivity contribution in [2.24, 2.45) is 0 Å². The van der Waals surface area contributed by atoms with Crippen LogP contribution in [-0.2, 0) is 6.54 Å². The summed E-state index contributed by atoms with van der Waals surface area (Å²) in [7, 11) is 1.91. The highest BCUT2D eigenvalue weighted by Gasteiger charge is 2.06. The highest BCUT2D eigenvalue weighted by molar-refractivity contribution is 7.07. The first-order valence-corrected chi connectivity index (χ1v) is 5.36. The first-order chi connectivity index (χ1) is 7.25. The van der Waals surface area contributed by atoms with Crippen LogP contribution in [0, 0.1) is 0 Å². The molecule has 0 saturated heterocycles. The lowest BCUT2D eigenvalue weighted by molar-refractivity contribution is 0.849. The molecule has 0 saturated carbocycles. The summed E-state index contributed by atoms with van der Waals surface area (Å²) in [5.41, 5.74) is 8.40. The van der Waals surface area contributed by atoms with Crippen LogP contribution < -0.4 is 10.6 Å². The average Bonchev–Trinajstić information content (AvgIpc) is 2.70. The van der Waals surface area contributed by atoms with E-state index in [-0.39, 0.29) is 0 Å². The molecule has 6 heteroatoms. The van der Waals surface area contributed by atoms with Gasteiger partial charge in [0.25, 0.3) is 0 Å². The van der Waals surface area contributed by atoms with E-state index >= 15 is 0 Å². The van der Waals surface area contributed by atoms with Crippen molar-refractivity contribution >= 4 is 23.1 Å². The fourth-order valence-corrected chi connectivity index (χ4v) is 1.72. The Morgan fingerprint density at radius 1 is 1.47 bits per heavy atom. The van der Waals surface area contributed by atoms with Crippen LogP contribution in [0.4, 0.5) is 11.8 Å². The van der Waals surface area contributed by atoms with Crippen molar-refractivity contribution in [3.05, 3.63) is 28.8 Å². The third-order valence-electron chi connectivity index (χ3n) is 1.89. The van der Waals surface area contributed by atoms with Crippen molar-refractivity contribution in [1.82, 2.24) is 15.0 Å². The Morgan fingerprint density at radius 3 is 3.00 bits per heavy atom. The van der Waals surface area contributed by atoms with Gasteiger partial charge < -0.3 is 10.6 Å². The second kappa shape index (κ2) is 4.22. The molecule has 0 spiro atoms. The minimum atomic E-state index is 0.477. The number of rotatable bonds is 3. The zero-order chi connectivity index (χ0) is 10.7. The molecule has 0 aromatic carbocycles. The number of aromatic nitrogens is 3. The van der Waals surface area contributed by atoms with Crippen molar-refractivity contribution in [1.29, 1.82) is 0 Å². The maximum atomic E-state index is 5.58. The highest BCUT2D eigenvalue weighted by atomic mass is 32.1. The summed E-state index contributed by atoms with van der Waals surface area (Å²) in [5, 5.41) is 2.00. The van der Waals surface area contributed by atoms with Crippen LogP contribution in [0.15, 0.2) is 23.2 Å². The van der Waals surface area contributed by atoms with Gasteiger partial charge in [-0.3, -0.25) is 0 Å². The fraction of sp³-hybridized carbons (Fsp3) is 0.222. The van der Waals surface area contributed by atoms with Crippen LogP contribution in [0.2, 0.25) is 0 Å². The maximum absolute atomic E-state index is 5.58. The predicted molar refractivity (Wildman–Crippen MR) is 60.7 cm³/mol. The SMILES string of the molecule is CN(Cc1cscn1)c1nccc(N)n1. The molecule has 2 N–H and O–H groups in total. The van der Waals surface area contributed by atoms with E-state index in [2.05, 4.69) is 15.0 Å². The van der Waals surface area contributed by atoms with Crippen molar-refractivity contribution in [3.63, 3.8) is 0 Å². The number of hydrogen-bond donors (Lipinski definition) is 1. The summed E-state index contributed by atoms with van der Waals surface area (Å²) in [6.45, 7) is 0.687. The molecule has 0 aliphatic rings. The Balaban J connectivity index is 2.11. The van der Waals surface area contributed by atoms with Gasteiger partial charge in [0.15, 0.2) is 0 Å². The van der Waals surface area contributed by atoms with Gasteiger partial charge in [0.05, 0.1) is 17.7 Å². The lowest BCUT2D eigenvalue weighted by Gasteiger charge is -2.15. The number of nitrogens with two attached hydrogens (primary N) is 1. The minimum absolute atomic E-state index is 0.477. The Morgan fingerprint density at radius 2 is 2.33 bits per heavy atom. The Labute approximate surface area is 91.6 Å². The van der Waals surface area contributed by atoms with Crippen molar-refractivity contribution in [2.45, 2.75) is 6.54 Å². The average molecular weight is 221 g/mol. The van der Waals surface area contributed by atoms with Gasteiger partial charge >= 0.3 is 0 Å². The molecular weight excluding hydrogens is 210 g/mol. The van der Waals surface area contributed by atoms with Crippen LogP contribution in [0.5, 0.6) is 0 Å². The largest absolute Gasteiger partial charge is 0.384 e. The molecule has 5 nitrogen and oxygen atoms in total. The predicted octanol–water partition coefficient (Wildman–Crippen LogP) is 1.15. The van der Waals surface area contributed by atoms with E-state index in [1.807, 2.05) is 22.8 Å². The molecule has 0 bridgehead atoms. The van der Waals surface area contributed by atoms with E-state index in [1.54, 1.807) is 23.6 Å². The van der Waals surface area contributed by atoms with Gasteiger partial charge in [-0.2, -0.15) is 4.98 Å². The first-order valence-electron chi connectivity index (χ1n) is 4.42. The third-order valence-corrected chi connectivity index (χ3v) is 2.52. The molecule has 0 aliphatic heterocycles. The van der Waals surface area contributed by atoms with Gasteiger partial charge in [-0.15, -0.1) is 11.3 Å². The number of nitrogen functional groups attached to an aromatic ring is 1. The molecule has 2 heterocycles. The summed E-state index contributed by atoms with van der Waals surface area (Å²) in [6.07, 6.45) is 1.65. The van der Waals surface area contributed by atoms with Gasteiger partial charge in [-0.1, -0.05) is 0 Å². The van der Waals surface area contributed by atoms with Gasteiger partial charge in [0.2, 0.25) is 5.95 Å². The molecule has 0 fully saturated rings. The number of anilines is 2. The minimum Gasteiger partial charge on any atom is -0.384 e. The molecule has 2 aromatic heterocycles. The molecular formula is C9H11N5S. The highest BCUT2D eigenvalue weighted by Crippen LogP contribution is 2.10. The van der Waals surface area contributed by atoms with E-state index in [0.717, 1.165) is 5.69 Å². The molecule has 15 heavy (non-hydrogen) atoms. The molecule has 0 unspecified atom stereocenters. The second-order valence-corrected chi connectivity index (χ2v) is 3.84. The fourth-order valence-electron chi connectivity index (χ4n) is 1.18. The smallest absolute Gasteiger partial charge is 0.227 e. The lowest BCUT2D eigenvalue weighted by atomic mass is 10.4. The first kappa shape index (κ1) is 9.85. The molecule has 0 radical (unpaired) electrons. The molecule has 0 atom stereocenters. The van der Waals surface area contributed by atoms with Crippen LogP contribution in [0.1, 0.15) is 5.69 Å². The Kier molecular flexibility index (Phi) is 2.77. The zero-order valence-electron chi connectivity index (χ0n) is 8.29. The van der Waals surface area contributed by atoms with Crippen LogP contribution in [-0.4, -0.2) is 22.0 Å². The van der Waals surface area contributed by atoms with E-state index in [9.17, 15) is 0 Å². The summed E-state index contributed by atoms with van der Waals surface area (Å²) in [5.74, 6) is 1.09. The van der Waals surface area contributed by atoms with E-state index in [4.69, 9.17) is 5.73 Å².